The number of aryl methyl sites for hydroxylation is 1. The molecular weight excluding hydrogens is 260 g/mol. The molecule has 1 aliphatic heterocycles. The summed E-state index contributed by atoms with van der Waals surface area (Å²) in [5.74, 6) is 0. The van der Waals surface area contributed by atoms with Gasteiger partial charge in [-0.2, -0.15) is 5.10 Å². The highest BCUT2D eigenvalue weighted by Crippen LogP contribution is 2.17. The van der Waals surface area contributed by atoms with Gasteiger partial charge in [-0.1, -0.05) is 23.8 Å². The summed E-state index contributed by atoms with van der Waals surface area (Å²) in [4.78, 5) is 6.50. The maximum atomic E-state index is 4.54. The summed E-state index contributed by atoms with van der Waals surface area (Å²) in [7, 11) is 0. The summed E-state index contributed by atoms with van der Waals surface area (Å²) < 4.78 is 0. The average Bonchev–Trinajstić information content (AvgIpc) is 2.55. The van der Waals surface area contributed by atoms with Gasteiger partial charge >= 0.3 is 0 Å². The third kappa shape index (κ3) is 3.60. The number of rotatable bonds is 3. The molecule has 2 heterocycles. The molecule has 1 aromatic heterocycles. The molecule has 2 aromatic rings. The van der Waals surface area contributed by atoms with Crippen molar-refractivity contribution in [3.63, 3.8) is 0 Å². The Morgan fingerprint density at radius 1 is 1.05 bits per heavy atom. The predicted octanol–water partition coefficient (Wildman–Crippen LogP) is 2.55. The number of hydrogen-bond acceptors (Lipinski definition) is 4. The van der Waals surface area contributed by atoms with Crippen molar-refractivity contribution >= 4 is 11.9 Å². The Kier molecular flexibility index (Phi) is 4.15. The molecule has 4 nitrogen and oxygen atoms in total. The molecule has 0 bridgehead atoms. The van der Waals surface area contributed by atoms with Gasteiger partial charge in [0.25, 0.3) is 0 Å². The maximum Gasteiger partial charge on any atom is 0.0558 e. The molecule has 3 rings (SSSR count). The molecule has 108 valence electrons. The van der Waals surface area contributed by atoms with Gasteiger partial charge in [0.1, 0.15) is 0 Å². The predicted molar refractivity (Wildman–Crippen MR) is 86.8 cm³/mol. The summed E-state index contributed by atoms with van der Waals surface area (Å²) >= 11 is 0. The second-order valence-corrected chi connectivity index (χ2v) is 5.31. The summed E-state index contributed by atoms with van der Waals surface area (Å²) in [5.41, 5.74) is 3.65. The average molecular weight is 280 g/mol. The summed E-state index contributed by atoms with van der Waals surface area (Å²) in [6.07, 6.45) is 5.48. The van der Waals surface area contributed by atoms with Crippen molar-refractivity contribution < 1.29 is 0 Å². The Labute approximate surface area is 125 Å². The fraction of sp³-hybridized carbons (Fsp3) is 0.294. The lowest BCUT2D eigenvalue weighted by Gasteiger charge is -2.34. The van der Waals surface area contributed by atoms with Crippen LogP contribution in [0, 0.1) is 6.92 Å². The standard InChI is InChI=1S/C17H20N4/c1-15-4-6-17(7-5-15)20-9-11-21(12-10-20)19-14-16-3-2-8-18-13-16/h2-8,13-14H,9-12H2,1H3/b19-14-. The van der Waals surface area contributed by atoms with E-state index in [0.717, 1.165) is 31.7 Å². The van der Waals surface area contributed by atoms with Crippen LogP contribution in [0.1, 0.15) is 11.1 Å². The molecule has 0 radical (unpaired) electrons. The summed E-state index contributed by atoms with van der Waals surface area (Å²) in [6.45, 7) is 6.03. The molecule has 21 heavy (non-hydrogen) atoms. The van der Waals surface area contributed by atoms with Gasteiger partial charge in [0, 0.05) is 36.7 Å². The number of hydrogen-bond donors (Lipinski definition) is 0. The van der Waals surface area contributed by atoms with E-state index < -0.39 is 0 Å². The van der Waals surface area contributed by atoms with Gasteiger partial charge < -0.3 is 4.90 Å². The normalized spacial score (nSPS) is 15.7. The van der Waals surface area contributed by atoms with Gasteiger partial charge in [-0.25, -0.2) is 0 Å². The van der Waals surface area contributed by atoms with E-state index >= 15 is 0 Å². The molecule has 0 spiro atoms. The van der Waals surface area contributed by atoms with Crippen molar-refractivity contribution in [2.75, 3.05) is 31.1 Å². The second-order valence-electron chi connectivity index (χ2n) is 5.31. The highest BCUT2D eigenvalue weighted by Gasteiger charge is 2.15. The number of nitrogens with zero attached hydrogens (tertiary/aromatic N) is 4. The minimum atomic E-state index is 0.949. The third-order valence-corrected chi connectivity index (χ3v) is 3.71. The Morgan fingerprint density at radius 3 is 2.48 bits per heavy atom. The van der Waals surface area contributed by atoms with Crippen LogP contribution in [-0.2, 0) is 0 Å². The van der Waals surface area contributed by atoms with Crippen molar-refractivity contribution in [2.45, 2.75) is 6.92 Å². The largest absolute Gasteiger partial charge is 0.368 e. The third-order valence-electron chi connectivity index (χ3n) is 3.71. The van der Waals surface area contributed by atoms with E-state index in [1.54, 1.807) is 6.20 Å². The zero-order valence-electron chi connectivity index (χ0n) is 12.3. The number of hydrazone groups is 1. The summed E-state index contributed by atoms with van der Waals surface area (Å²) in [6, 6.07) is 12.7. The van der Waals surface area contributed by atoms with Gasteiger partial charge in [0.05, 0.1) is 19.3 Å². The topological polar surface area (TPSA) is 31.7 Å². The van der Waals surface area contributed by atoms with E-state index in [1.807, 2.05) is 24.5 Å². The Balaban J connectivity index is 1.55. The van der Waals surface area contributed by atoms with E-state index in [4.69, 9.17) is 0 Å². The fourth-order valence-corrected chi connectivity index (χ4v) is 2.43. The zero-order valence-corrected chi connectivity index (χ0v) is 12.3. The molecule has 0 N–H and O–H groups in total. The highest BCUT2D eigenvalue weighted by atomic mass is 15.5. The van der Waals surface area contributed by atoms with E-state index in [0.29, 0.717) is 0 Å². The molecular formula is C17H20N4. The minimum Gasteiger partial charge on any atom is -0.368 e. The molecule has 1 aromatic carbocycles. The minimum absolute atomic E-state index is 0.949. The molecule has 0 atom stereocenters. The number of piperazine rings is 1. The fourth-order valence-electron chi connectivity index (χ4n) is 2.43. The number of aromatic nitrogens is 1. The van der Waals surface area contributed by atoms with Crippen LogP contribution in [0.2, 0.25) is 0 Å². The number of anilines is 1. The second kappa shape index (κ2) is 6.39. The van der Waals surface area contributed by atoms with Crippen LogP contribution in [0.4, 0.5) is 5.69 Å². The number of benzene rings is 1. The molecule has 0 amide bonds. The molecule has 0 aliphatic carbocycles. The SMILES string of the molecule is Cc1ccc(N2CCN(/N=C\c3cccnc3)CC2)cc1. The van der Waals surface area contributed by atoms with Crippen LogP contribution in [0.15, 0.2) is 53.9 Å². The monoisotopic (exact) mass is 280 g/mol. The summed E-state index contributed by atoms with van der Waals surface area (Å²) in [5, 5.41) is 6.66. The Morgan fingerprint density at radius 2 is 1.81 bits per heavy atom. The molecule has 0 saturated carbocycles. The van der Waals surface area contributed by atoms with Gasteiger partial charge in [-0.05, 0) is 25.1 Å². The Hall–Kier alpha value is -2.36. The van der Waals surface area contributed by atoms with Crippen LogP contribution in [0.25, 0.3) is 0 Å². The lowest BCUT2D eigenvalue weighted by Crippen LogP contribution is -2.44. The van der Waals surface area contributed by atoms with Crippen molar-refractivity contribution in [2.24, 2.45) is 5.10 Å². The molecule has 0 unspecified atom stereocenters. The lowest BCUT2D eigenvalue weighted by molar-refractivity contribution is 0.272. The van der Waals surface area contributed by atoms with E-state index in [9.17, 15) is 0 Å². The zero-order chi connectivity index (χ0) is 14.5. The maximum absolute atomic E-state index is 4.54. The number of pyridine rings is 1. The van der Waals surface area contributed by atoms with Crippen LogP contribution in [0.3, 0.4) is 0 Å². The molecule has 1 fully saturated rings. The van der Waals surface area contributed by atoms with Crippen molar-refractivity contribution in [1.29, 1.82) is 0 Å². The lowest BCUT2D eigenvalue weighted by atomic mass is 10.2. The smallest absolute Gasteiger partial charge is 0.0558 e. The quantitative estimate of drug-likeness (QED) is 0.810. The molecule has 4 heteroatoms. The van der Waals surface area contributed by atoms with Crippen molar-refractivity contribution in [1.82, 2.24) is 9.99 Å². The van der Waals surface area contributed by atoms with E-state index in [2.05, 4.69) is 51.2 Å². The first-order chi connectivity index (χ1) is 10.3. The van der Waals surface area contributed by atoms with Crippen LogP contribution in [0.5, 0.6) is 0 Å². The van der Waals surface area contributed by atoms with Crippen molar-refractivity contribution in [3.8, 4) is 0 Å². The van der Waals surface area contributed by atoms with Gasteiger partial charge in [0.2, 0.25) is 0 Å². The molecule has 1 saturated heterocycles. The van der Waals surface area contributed by atoms with Crippen molar-refractivity contribution in [3.05, 3.63) is 59.9 Å². The Bertz CT molecular complexity index is 584. The van der Waals surface area contributed by atoms with Crippen LogP contribution >= 0.6 is 0 Å². The van der Waals surface area contributed by atoms with Gasteiger partial charge in [-0.15, -0.1) is 0 Å². The highest BCUT2D eigenvalue weighted by molar-refractivity contribution is 5.78. The first-order valence-electron chi connectivity index (χ1n) is 7.32. The van der Waals surface area contributed by atoms with Gasteiger partial charge in [0.15, 0.2) is 0 Å². The van der Waals surface area contributed by atoms with Crippen LogP contribution in [-0.4, -0.2) is 42.4 Å². The van der Waals surface area contributed by atoms with E-state index in [1.165, 1.54) is 11.3 Å². The molecule has 1 aliphatic rings. The first kappa shape index (κ1) is 13.6. The first-order valence-corrected chi connectivity index (χ1v) is 7.32. The van der Waals surface area contributed by atoms with Gasteiger partial charge in [-0.3, -0.25) is 9.99 Å². The van der Waals surface area contributed by atoms with Crippen LogP contribution < -0.4 is 4.90 Å². The van der Waals surface area contributed by atoms with E-state index in [-0.39, 0.29) is 0 Å².